The largest absolute Gasteiger partial charge is 0.497 e. The van der Waals surface area contributed by atoms with Gasteiger partial charge < -0.3 is 86.1 Å². The minimum Gasteiger partial charge on any atom is -0.497 e. The van der Waals surface area contributed by atoms with Crippen molar-refractivity contribution in [3.63, 3.8) is 0 Å². The van der Waals surface area contributed by atoms with Gasteiger partial charge in [-0.05, 0) is 246 Å². The number of aliphatic hydroxyl groups excluding tert-OH is 3. The molecule has 0 spiro atoms. The van der Waals surface area contributed by atoms with Crippen molar-refractivity contribution < 1.29 is 67.9 Å². The Balaban J connectivity index is 0.000000186. The molecule has 3 aromatic heterocycles. The summed E-state index contributed by atoms with van der Waals surface area (Å²) in [5.41, 5.74) is 14.9. The molecule has 12 amide bonds. The first-order valence-corrected chi connectivity index (χ1v) is 51.7. The van der Waals surface area contributed by atoms with E-state index in [0.717, 1.165) is 116 Å². The van der Waals surface area contributed by atoms with Gasteiger partial charge >= 0.3 is 18.1 Å². The first-order valence-electron chi connectivity index (χ1n) is 51.7. The normalized spacial score (nSPS) is 14.0. The Labute approximate surface area is 872 Å². The smallest absolute Gasteiger partial charge is 0.323 e. The summed E-state index contributed by atoms with van der Waals surface area (Å²) in [7, 11) is 3.12. The van der Waals surface area contributed by atoms with Crippen LogP contribution in [0.2, 0.25) is 0 Å². The predicted octanol–water partition coefficient (Wildman–Crippen LogP) is 19.4. The fourth-order valence-corrected chi connectivity index (χ4v) is 18.6. The first-order chi connectivity index (χ1) is 72.2. The number of benzene rings is 9. The molecule has 0 unspecified atom stereocenters. The van der Waals surface area contributed by atoms with E-state index in [1.807, 2.05) is 146 Å². The zero-order chi connectivity index (χ0) is 106. The number of hydrogen-bond donors (Lipinski definition) is 9. The molecule has 3 aliphatic heterocycles. The van der Waals surface area contributed by atoms with Gasteiger partial charge in [0, 0.05) is 98.7 Å². The Hall–Kier alpha value is -15.8. The van der Waals surface area contributed by atoms with E-state index in [9.17, 15) is 58.5 Å². The Bertz CT molecular complexity index is 6700. The summed E-state index contributed by atoms with van der Waals surface area (Å²) in [5.74, 6) is -0.217. The molecule has 0 bridgehead atoms. The molecule has 782 valence electrons. The van der Waals surface area contributed by atoms with Crippen molar-refractivity contribution in [2.24, 2.45) is 0 Å². The summed E-state index contributed by atoms with van der Waals surface area (Å²) in [6.07, 6.45) is 12.8. The van der Waals surface area contributed by atoms with Crippen LogP contribution < -0.4 is 41.4 Å². The van der Waals surface area contributed by atoms with Crippen molar-refractivity contribution >= 4 is 82.0 Å². The molecule has 9 aromatic carbocycles. The van der Waals surface area contributed by atoms with E-state index >= 15 is 0 Å². The van der Waals surface area contributed by atoms with Crippen LogP contribution in [0.15, 0.2) is 218 Å². The minimum absolute atomic E-state index is 0.139. The average molecular weight is 2020 g/mol. The lowest BCUT2D eigenvalue weighted by atomic mass is 9.93. The second-order valence-corrected chi connectivity index (χ2v) is 37.8. The van der Waals surface area contributed by atoms with Crippen molar-refractivity contribution in [3.8, 4) is 34.6 Å². The number of urea groups is 3. The van der Waals surface area contributed by atoms with E-state index in [0.29, 0.717) is 175 Å². The molecule has 33 heteroatoms. The van der Waals surface area contributed by atoms with Crippen molar-refractivity contribution in [3.05, 3.63) is 314 Å². The molecule has 0 fully saturated rings. The standard InChI is InChI=1S/C40H50N6O5.C38H43N7O4.C38H46N6O5/c1-6-8-19-44(20-9-7-2)39(49)36-21-27(3)46(43-36)37-18-17-32(42-40(50)41-28(4)29-15-12-16-34(23-29)51-5)24-35(37)38(48)45-25-31-14-11-10-13-30(31)22-33(45)26-47;1-4-6-18-43(19-7-5-2)37(48)34-20-26(3)45(42-34)35-17-16-31(41-38(49)40-30-14-12-27(23-39)13-15-30)22-33(35)36(47)44-24-29-11-9-8-10-28(29)21-32(44)25-46;1-5-7-19-42(20-8-6-2)37(47)33-21-26(3)44(41-33)34-18-17-29(39-38(48)40-32-15-11-12-16-35(32)49-4)23-31(34)36(46)43-24-28-14-10-9-13-27(28)22-30(43)25-45/h10-18,21,23-24,28,33,47H,6-9,19-20,22,25-26H2,1-5H3,(H2,41,42,50);8-17,20,22,32,46H,4-7,18-19,21,24-25H2,1-3H3,(H2,40,41,49);9-18,21,23,30,45H,5-8,19-20,22,24-25H2,1-4H3,(H2,39,40,48)/t28-,33-;32-;30-/m000/s1. The van der Waals surface area contributed by atoms with Crippen LogP contribution in [-0.4, -0.2) is 219 Å². The van der Waals surface area contributed by atoms with Crippen LogP contribution in [0.5, 0.6) is 11.5 Å². The first kappa shape index (κ1) is 110. The van der Waals surface area contributed by atoms with Crippen LogP contribution in [0.4, 0.5) is 42.8 Å². The zero-order valence-electron chi connectivity index (χ0n) is 87.3. The zero-order valence-corrected chi connectivity index (χ0v) is 87.3. The number of nitriles is 1. The maximum Gasteiger partial charge on any atom is 0.323 e. The van der Waals surface area contributed by atoms with Crippen molar-refractivity contribution in [2.75, 3.05) is 99.9 Å². The molecule has 15 rings (SSSR count). The van der Waals surface area contributed by atoms with Gasteiger partial charge in [-0.15, -0.1) is 0 Å². The van der Waals surface area contributed by atoms with Crippen LogP contribution in [0, 0.1) is 32.1 Å². The highest BCUT2D eigenvalue weighted by atomic mass is 16.5. The van der Waals surface area contributed by atoms with Gasteiger partial charge in [-0.3, -0.25) is 28.8 Å². The molecule has 3 aliphatic rings. The van der Waals surface area contributed by atoms with Gasteiger partial charge in [0.2, 0.25) is 0 Å². The molecular formula is C116H139N19O14. The Morgan fingerprint density at radius 1 is 0.383 bits per heavy atom. The fraction of sp³-hybridized carbons (Fsp3) is 0.371. The molecule has 0 radical (unpaired) electrons. The van der Waals surface area contributed by atoms with Gasteiger partial charge in [0.1, 0.15) is 11.5 Å². The number of aryl methyl sites for hydroxylation is 3. The SMILES string of the molecule is CCCCN(CCCC)C(=O)c1cc(C)n(-c2ccc(NC(=O)N[C@@H](C)c3cccc(OC)c3)cc2C(=O)N2Cc3ccccc3C[C@H]2CO)n1.CCCCN(CCCC)C(=O)c1cc(C)n(-c2ccc(NC(=O)Nc3ccc(C#N)cc3)cc2C(=O)N2Cc3ccccc3C[C@H]2CO)n1.CCCCN(CCCC)C(=O)c1cc(C)n(-c2ccc(NC(=O)Nc3ccccc3OC)cc2C(=O)N2Cc3ccccc3C[C@H]2CO)n1. The molecule has 0 saturated heterocycles. The summed E-state index contributed by atoms with van der Waals surface area (Å²) in [6, 6.07) is 64.0. The molecule has 9 N–H and O–H groups in total. The number of carbonyl (C=O) groups is 9. The fourth-order valence-electron chi connectivity index (χ4n) is 18.6. The van der Waals surface area contributed by atoms with Gasteiger partial charge in [0.05, 0.1) is 109 Å². The molecule has 4 atom stereocenters. The summed E-state index contributed by atoms with van der Waals surface area (Å²) in [6.45, 7) is 24.2. The van der Waals surface area contributed by atoms with Gasteiger partial charge in [-0.25, -0.2) is 28.4 Å². The van der Waals surface area contributed by atoms with E-state index in [4.69, 9.17) is 30.0 Å². The quantitative estimate of drug-likeness (QED) is 0.0173. The molecular weight excluding hydrogens is 1880 g/mol. The third-order valence-corrected chi connectivity index (χ3v) is 27.1. The summed E-state index contributed by atoms with van der Waals surface area (Å²) < 4.78 is 15.5. The molecule has 0 saturated carbocycles. The van der Waals surface area contributed by atoms with Gasteiger partial charge in [0.15, 0.2) is 17.1 Å². The lowest BCUT2D eigenvalue weighted by molar-refractivity contribution is 0.0539. The number of para-hydroxylation sites is 2. The van der Waals surface area contributed by atoms with Crippen LogP contribution >= 0.6 is 0 Å². The van der Waals surface area contributed by atoms with Crippen molar-refractivity contribution in [1.29, 1.82) is 5.26 Å². The number of nitrogens with zero attached hydrogens (tertiary/aromatic N) is 13. The van der Waals surface area contributed by atoms with E-state index < -0.39 is 36.2 Å². The number of fused-ring (bicyclic) bond motifs is 3. The molecule has 33 nitrogen and oxygen atoms in total. The maximum atomic E-state index is 14.6. The predicted molar refractivity (Wildman–Crippen MR) is 578 cm³/mol. The number of hydrogen-bond acceptors (Lipinski definition) is 18. The van der Waals surface area contributed by atoms with E-state index in [2.05, 4.69) is 73.4 Å². The minimum atomic E-state index is -0.529. The van der Waals surface area contributed by atoms with E-state index in [-0.39, 0.29) is 78.0 Å². The average Bonchev–Trinajstić information content (AvgIpc) is 1.76. The highest BCUT2D eigenvalue weighted by Gasteiger charge is 2.38. The van der Waals surface area contributed by atoms with E-state index in [1.165, 1.54) is 7.11 Å². The van der Waals surface area contributed by atoms with Crippen LogP contribution in [0.25, 0.3) is 17.1 Å². The van der Waals surface area contributed by atoms with Crippen molar-refractivity contribution in [2.45, 2.75) is 209 Å². The van der Waals surface area contributed by atoms with Crippen LogP contribution in [-0.2, 0) is 38.9 Å². The lowest BCUT2D eigenvalue weighted by Gasteiger charge is -2.36. The Morgan fingerprint density at radius 3 is 1.04 bits per heavy atom. The van der Waals surface area contributed by atoms with Crippen LogP contribution in [0.3, 0.4) is 0 Å². The summed E-state index contributed by atoms with van der Waals surface area (Å²) in [4.78, 5) is 135. The highest BCUT2D eigenvalue weighted by Crippen LogP contribution is 2.36. The number of anilines is 5. The summed E-state index contributed by atoms with van der Waals surface area (Å²) >= 11 is 0. The third kappa shape index (κ3) is 27.9. The number of methoxy groups -OCH3 is 2. The van der Waals surface area contributed by atoms with Crippen LogP contribution in [0.1, 0.15) is 256 Å². The molecule has 6 heterocycles. The number of ether oxygens (including phenoxy) is 2. The topological polar surface area (TPSA) is 402 Å². The number of aliphatic hydroxyl groups is 3. The molecule has 149 heavy (non-hydrogen) atoms. The van der Waals surface area contributed by atoms with Crippen molar-refractivity contribution in [1.82, 2.24) is 64.1 Å². The monoisotopic (exact) mass is 2020 g/mol. The number of amides is 12. The lowest BCUT2D eigenvalue weighted by Crippen LogP contribution is -2.46. The molecule has 0 aliphatic carbocycles. The third-order valence-electron chi connectivity index (χ3n) is 27.1. The number of nitrogens with one attached hydrogen (secondary N) is 6. The second kappa shape index (κ2) is 53.5. The maximum absolute atomic E-state index is 14.6. The second-order valence-electron chi connectivity index (χ2n) is 37.8. The number of aromatic nitrogens is 6. The highest BCUT2D eigenvalue weighted by molar-refractivity contribution is 6.06. The number of rotatable bonds is 39. The Kier molecular flexibility index (Phi) is 39.7. The van der Waals surface area contributed by atoms with Gasteiger partial charge in [-0.1, -0.05) is 177 Å². The van der Waals surface area contributed by atoms with E-state index in [1.54, 1.807) is 157 Å². The number of unbranched alkanes of at least 4 members (excludes halogenated alkanes) is 6. The summed E-state index contributed by atoms with van der Waals surface area (Å²) in [5, 5.41) is 71.5. The van der Waals surface area contributed by atoms with Gasteiger partial charge in [-0.2, -0.15) is 20.6 Å². The molecule has 12 aromatic rings. The Morgan fingerprint density at radius 2 is 0.705 bits per heavy atom. The van der Waals surface area contributed by atoms with Gasteiger partial charge in [0.25, 0.3) is 35.4 Å². The number of carbonyl (C=O) groups excluding carboxylic acids is 9.